The zero-order valence-corrected chi connectivity index (χ0v) is 25.8. The van der Waals surface area contributed by atoms with Crippen LogP contribution < -0.4 is 14.4 Å². The molecule has 1 N–H and O–H groups in total. The molecule has 11 heteroatoms. The molecule has 0 aliphatic carbocycles. The number of hydrogen-bond acceptors (Lipinski definition) is 5. The molecule has 0 aliphatic rings. The Morgan fingerprint density at radius 3 is 2.10 bits per heavy atom. The summed E-state index contributed by atoms with van der Waals surface area (Å²) in [7, 11) is -4.23. The van der Waals surface area contributed by atoms with Crippen LogP contribution in [-0.4, -0.2) is 50.4 Å². The first-order valence-corrected chi connectivity index (χ1v) is 15.5. The first-order valence-electron chi connectivity index (χ1n) is 13.3. The lowest BCUT2D eigenvalue weighted by Gasteiger charge is -2.34. The second-order valence-corrected chi connectivity index (χ2v) is 12.2. The predicted molar refractivity (Wildman–Crippen MR) is 163 cm³/mol. The van der Waals surface area contributed by atoms with Crippen molar-refractivity contribution in [1.82, 2.24) is 10.2 Å². The molecule has 41 heavy (non-hydrogen) atoms. The van der Waals surface area contributed by atoms with Crippen molar-refractivity contribution in [3.63, 3.8) is 0 Å². The van der Waals surface area contributed by atoms with Crippen molar-refractivity contribution < 1.29 is 22.7 Å². The number of hydrogen-bond donors (Lipinski definition) is 1. The Kier molecular flexibility index (Phi) is 11.5. The minimum atomic E-state index is -4.23. The second-order valence-electron chi connectivity index (χ2n) is 9.53. The van der Waals surface area contributed by atoms with E-state index in [-0.39, 0.29) is 42.1 Å². The van der Waals surface area contributed by atoms with E-state index in [9.17, 15) is 18.0 Å². The van der Waals surface area contributed by atoms with Crippen LogP contribution in [0.25, 0.3) is 0 Å². The van der Waals surface area contributed by atoms with Crippen molar-refractivity contribution >= 4 is 50.7 Å². The smallest absolute Gasteiger partial charge is 0.264 e. The van der Waals surface area contributed by atoms with E-state index in [0.717, 1.165) is 4.31 Å². The Morgan fingerprint density at radius 2 is 1.51 bits per heavy atom. The highest BCUT2D eigenvalue weighted by Gasteiger charge is 2.35. The molecule has 220 valence electrons. The van der Waals surface area contributed by atoms with Gasteiger partial charge in [-0.1, -0.05) is 66.5 Å². The maximum Gasteiger partial charge on any atom is 0.264 e. The number of sulfonamides is 1. The van der Waals surface area contributed by atoms with Gasteiger partial charge in [-0.25, -0.2) is 8.42 Å². The summed E-state index contributed by atoms with van der Waals surface area (Å²) in [4.78, 5) is 28.8. The van der Waals surface area contributed by atoms with Gasteiger partial charge in [0, 0.05) is 28.2 Å². The average Bonchev–Trinajstić information content (AvgIpc) is 2.93. The van der Waals surface area contributed by atoms with E-state index >= 15 is 0 Å². The molecule has 2 amide bonds. The summed E-state index contributed by atoms with van der Waals surface area (Å²) in [6, 6.07) is 18.3. The predicted octanol–water partition coefficient (Wildman–Crippen LogP) is 5.92. The largest absolute Gasteiger partial charge is 0.492 e. The fraction of sp³-hybridized carbons (Fsp3) is 0.333. The van der Waals surface area contributed by atoms with Crippen LogP contribution in [0.4, 0.5) is 5.69 Å². The number of carbonyl (C=O) groups is 2. The summed E-state index contributed by atoms with van der Waals surface area (Å²) in [6.07, 6.45) is 0.271. The Morgan fingerprint density at radius 1 is 0.902 bits per heavy atom. The molecular weight excluding hydrogens is 585 g/mol. The highest BCUT2D eigenvalue weighted by molar-refractivity contribution is 7.92. The third-order valence-corrected chi connectivity index (χ3v) is 8.73. The van der Waals surface area contributed by atoms with Crippen LogP contribution in [0.1, 0.15) is 39.7 Å². The molecule has 0 heterocycles. The summed E-state index contributed by atoms with van der Waals surface area (Å²) in [5.74, 6) is -0.684. The highest BCUT2D eigenvalue weighted by atomic mass is 35.5. The molecule has 3 aromatic carbocycles. The van der Waals surface area contributed by atoms with Gasteiger partial charge in [0.15, 0.2) is 0 Å². The minimum Gasteiger partial charge on any atom is -0.492 e. The van der Waals surface area contributed by atoms with Gasteiger partial charge >= 0.3 is 0 Å². The summed E-state index contributed by atoms with van der Waals surface area (Å²) < 4.78 is 34.8. The second kappa shape index (κ2) is 14.6. The summed E-state index contributed by atoms with van der Waals surface area (Å²) >= 11 is 12.9. The van der Waals surface area contributed by atoms with Crippen molar-refractivity contribution in [2.75, 3.05) is 17.5 Å². The molecule has 1 atom stereocenters. The van der Waals surface area contributed by atoms with Crippen LogP contribution in [0.15, 0.2) is 77.7 Å². The first-order chi connectivity index (χ1) is 19.5. The lowest BCUT2D eigenvalue weighted by Crippen LogP contribution is -2.53. The summed E-state index contributed by atoms with van der Waals surface area (Å²) in [6.45, 7) is 6.78. The number of carbonyl (C=O) groups excluding carboxylic acids is 2. The lowest BCUT2D eigenvalue weighted by atomic mass is 10.1. The van der Waals surface area contributed by atoms with E-state index in [0.29, 0.717) is 21.4 Å². The Hall–Kier alpha value is -3.27. The Bertz CT molecular complexity index is 1430. The molecule has 3 aromatic rings. The molecule has 0 unspecified atom stereocenters. The third-order valence-electron chi connectivity index (χ3n) is 6.25. The van der Waals surface area contributed by atoms with Crippen molar-refractivity contribution in [1.29, 1.82) is 0 Å². The lowest BCUT2D eigenvalue weighted by molar-refractivity contribution is -0.140. The van der Waals surface area contributed by atoms with Gasteiger partial charge in [0.1, 0.15) is 18.3 Å². The van der Waals surface area contributed by atoms with Gasteiger partial charge in [-0.15, -0.1) is 0 Å². The zero-order chi connectivity index (χ0) is 30.2. The van der Waals surface area contributed by atoms with Gasteiger partial charge in [-0.05, 0) is 63.6 Å². The molecule has 3 rings (SSSR count). The Balaban J connectivity index is 2.14. The molecule has 0 bridgehead atoms. The van der Waals surface area contributed by atoms with E-state index in [2.05, 4.69) is 5.32 Å². The van der Waals surface area contributed by atoms with Gasteiger partial charge in [0.2, 0.25) is 11.8 Å². The van der Waals surface area contributed by atoms with Crippen LogP contribution in [0.5, 0.6) is 5.75 Å². The molecule has 0 saturated heterocycles. The molecule has 0 aliphatic heterocycles. The van der Waals surface area contributed by atoms with E-state index < -0.39 is 28.5 Å². The van der Waals surface area contributed by atoms with E-state index in [1.54, 1.807) is 74.5 Å². The van der Waals surface area contributed by atoms with E-state index in [4.69, 9.17) is 27.9 Å². The number of halogens is 2. The molecule has 0 fully saturated rings. The van der Waals surface area contributed by atoms with Crippen molar-refractivity contribution in [3.05, 3.63) is 88.4 Å². The summed E-state index contributed by atoms with van der Waals surface area (Å²) in [5, 5.41) is 3.51. The minimum absolute atomic E-state index is 0.00407. The van der Waals surface area contributed by atoms with Gasteiger partial charge in [-0.3, -0.25) is 13.9 Å². The number of amides is 2. The van der Waals surface area contributed by atoms with Gasteiger partial charge < -0.3 is 15.0 Å². The Labute approximate surface area is 252 Å². The number of rotatable bonds is 13. The SMILES string of the molecule is CCOc1ccccc1N(CC(=O)N(Cc1c(Cl)cccc1Cl)[C@@H](CC)C(=O)NC(C)C)S(=O)(=O)c1ccccc1. The number of ether oxygens (including phenoxy) is 1. The third kappa shape index (κ3) is 7.93. The molecular formula is C30H35Cl2N3O5S. The topological polar surface area (TPSA) is 96.0 Å². The molecule has 8 nitrogen and oxygen atoms in total. The van der Waals surface area contributed by atoms with Crippen LogP contribution in [0.2, 0.25) is 10.0 Å². The number of anilines is 1. The number of nitrogens with one attached hydrogen (secondary N) is 1. The number of benzene rings is 3. The molecule has 0 saturated carbocycles. The van der Waals surface area contributed by atoms with E-state index in [1.807, 2.05) is 13.8 Å². The number of nitrogens with zero attached hydrogens (tertiary/aromatic N) is 2. The van der Waals surface area contributed by atoms with Crippen LogP contribution in [0.3, 0.4) is 0 Å². The zero-order valence-electron chi connectivity index (χ0n) is 23.5. The maximum atomic E-state index is 14.2. The molecule has 0 aromatic heterocycles. The quantitative estimate of drug-likeness (QED) is 0.256. The van der Waals surface area contributed by atoms with Crippen LogP contribution in [0, 0.1) is 0 Å². The molecule has 0 radical (unpaired) electrons. The fourth-order valence-corrected chi connectivity index (χ4v) is 6.29. The average molecular weight is 621 g/mol. The van der Waals surface area contributed by atoms with Gasteiger partial charge in [-0.2, -0.15) is 0 Å². The monoisotopic (exact) mass is 619 g/mol. The standard InChI is InChI=1S/C30H35Cl2N3O5S/c1-5-26(30(37)33-21(3)4)34(19-23-24(31)15-12-16-25(23)32)29(36)20-35(27-17-10-11-18-28(27)40-6-2)41(38,39)22-13-8-7-9-14-22/h7-18,21,26H,5-6,19-20H2,1-4H3,(H,33,37)/t26-/m0/s1. The van der Waals surface area contributed by atoms with Gasteiger partial charge in [0.05, 0.1) is 17.2 Å². The van der Waals surface area contributed by atoms with Crippen LogP contribution in [-0.2, 0) is 26.2 Å². The molecule has 0 spiro atoms. The van der Waals surface area contributed by atoms with Gasteiger partial charge in [0.25, 0.3) is 10.0 Å². The van der Waals surface area contributed by atoms with Crippen molar-refractivity contribution in [3.8, 4) is 5.75 Å². The number of para-hydroxylation sites is 2. The van der Waals surface area contributed by atoms with E-state index in [1.165, 1.54) is 17.0 Å². The normalized spacial score (nSPS) is 12.1. The van der Waals surface area contributed by atoms with Crippen molar-refractivity contribution in [2.45, 2.75) is 57.6 Å². The van der Waals surface area contributed by atoms with Crippen LogP contribution >= 0.6 is 23.2 Å². The van der Waals surface area contributed by atoms with Crippen molar-refractivity contribution in [2.24, 2.45) is 0 Å². The highest BCUT2D eigenvalue weighted by Crippen LogP contribution is 2.33. The fourth-order valence-electron chi connectivity index (χ4n) is 4.33. The first kappa shape index (κ1) is 32.2. The summed E-state index contributed by atoms with van der Waals surface area (Å²) in [5.41, 5.74) is 0.647. The maximum absolute atomic E-state index is 14.2.